The molecule has 1 amide bonds. The number of benzene rings is 1. The van der Waals surface area contributed by atoms with Gasteiger partial charge in [-0.25, -0.2) is 9.97 Å². The highest BCUT2D eigenvalue weighted by Gasteiger charge is 2.18. The van der Waals surface area contributed by atoms with Crippen LogP contribution in [-0.4, -0.2) is 15.9 Å². The predicted molar refractivity (Wildman–Crippen MR) is 109 cm³/mol. The minimum atomic E-state index is -0.253. The molecule has 0 atom stereocenters. The summed E-state index contributed by atoms with van der Waals surface area (Å²) in [4.78, 5) is 22.7. The topological polar surface area (TPSA) is 80.9 Å². The van der Waals surface area contributed by atoms with E-state index in [9.17, 15) is 4.79 Å². The van der Waals surface area contributed by atoms with Crippen LogP contribution in [0.5, 0.6) is 0 Å². The highest BCUT2D eigenvalue weighted by Crippen LogP contribution is 2.34. The predicted octanol–water partition coefficient (Wildman–Crippen LogP) is 4.87. The van der Waals surface area contributed by atoms with Crippen molar-refractivity contribution in [3.05, 3.63) is 57.9 Å². The van der Waals surface area contributed by atoms with E-state index in [4.69, 9.17) is 10.7 Å². The number of aromatic nitrogens is 2. The number of carbonyl (C=O) groups is 1. The van der Waals surface area contributed by atoms with Gasteiger partial charge < -0.3 is 5.73 Å². The van der Waals surface area contributed by atoms with E-state index in [0.717, 1.165) is 27.2 Å². The fourth-order valence-electron chi connectivity index (χ4n) is 2.62. The molecule has 3 aromatic heterocycles. The van der Waals surface area contributed by atoms with Crippen molar-refractivity contribution in [2.45, 2.75) is 13.8 Å². The first-order valence-electron chi connectivity index (χ1n) is 8.01. The summed E-state index contributed by atoms with van der Waals surface area (Å²) in [6.45, 7) is 3.94. The van der Waals surface area contributed by atoms with E-state index < -0.39 is 0 Å². The molecule has 0 fully saturated rings. The quantitative estimate of drug-likeness (QED) is 0.531. The lowest BCUT2D eigenvalue weighted by molar-refractivity contribution is 0.103. The Balaban J connectivity index is 1.69. The summed E-state index contributed by atoms with van der Waals surface area (Å²) in [7, 11) is 0. The summed E-state index contributed by atoms with van der Waals surface area (Å²) in [6, 6.07) is 12.0. The van der Waals surface area contributed by atoms with Gasteiger partial charge in [-0.3, -0.25) is 10.1 Å². The van der Waals surface area contributed by atoms with Gasteiger partial charge in [-0.15, -0.1) is 22.7 Å². The Morgan fingerprint density at radius 3 is 2.54 bits per heavy atom. The van der Waals surface area contributed by atoms with Crippen molar-refractivity contribution in [2.24, 2.45) is 0 Å². The van der Waals surface area contributed by atoms with Crippen molar-refractivity contribution in [3.63, 3.8) is 0 Å². The van der Waals surface area contributed by atoms with Gasteiger partial charge in [0.1, 0.15) is 9.71 Å². The zero-order valence-electron chi connectivity index (χ0n) is 14.2. The molecular weight excluding hydrogens is 364 g/mol. The number of thiophene rings is 1. The van der Waals surface area contributed by atoms with E-state index in [1.165, 1.54) is 28.2 Å². The number of fused-ring (bicyclic) bond motifs is 1. The molecule has 0 saturated carbocycles. The van der Waals surface area contributed by atoms with Crippen LogP contribution in [0.4, 0.5) is 10.8 Å². The minimum absolute atomic E-state index is 0.253. The normalized spacial score (nSPS) is 11.0. The van der Waals surface area contributed by atoms with Crippen LogP contribution in [-0.2, 0) is 0 Å². The Kier molecular flexibility index (Phi) is 4.18. The summed E-state index contributed by atoms with van der Waals surface area (Å²) in [5.41, 5.74) is 10.6. The van der Waals surface area contributed by atoms with E-state index >= 15 is 0 Å². The maximum atomic E-state index is 12.6. The molecule has 3 N–H and O–H groups in total. The highest BCUT2D eigenvalue weighted by molar-refractivity contribution is 7.21. The van der Waals surface area contributed by atoms with Crippen molar-refractivity contribution in [3.8, 4) is 11.3 Å². The molecule has 0 spiro atoms. The molecule has 4 rings (SSSR count). The number of nitrogens with two attached hydrogens (primary N) is 1. The molecule has 26 heavy (non-hydrogen) atoms. The second-order valence-corrected chi connectivity index (χ2v) is 7.87. The van der Waals surface area contributed by atoms with E-state index in [1.54, 1.807) is 0 Å². The van der Waals surface area contributed by atoms with Gasteiger partial charge in [0.25, 0.3) is 5.91 Å². The Labute approximate surface area is 158 Å². The molecule has 0 radical (unpaired) electrons. The number of rotatable bonds is 3. The van der Waals surface area contributed by atoms with Crippen LogP contribution >= 0.6 is 22.7 Å². The Morgan fingerprint density at radius 2 is 1.85 bits per heavy atom. The van der Waals surface area contributed by atoms with Gasteiger partial charge >= 0.3 is 0 Å². The first kappa shape index (κ1) is 16.7. The molecule has 1 aromatic carbocycles. The maximum absolute atomic E-state index is 12.6. The number of pyridine rings is 1. The van der Waals surface area contributed by atoms with Gasteiger partial charge in [-0.2, -0.15) is 0 Å². The maximum Gasteiger partial charge on any atom is 0.269 e. The average Bonchev–Trinajstić information content (AvgIpc) is 3.18. The van der Waals surface area contributed by atoms with Crippen LogP contribution < -0.4 is 11.1 Å². The fraction of sp³-hybridized carbons (Fsp3) is 0.105. The van der Waals surface area contributed by atoms with Crippen molar-refractivity contribution in [1.29, 1.82) is 0 Å². The molecule has 0 aliphatic carbocycles. The second kappa shape index (κ2) is 6.51. The third-order valence-corrected chi connectivity index (χ3v) is 5.98. The van der Waals surface area contributed by atoms with Crippen molar-refractivity contribution < 1.29 is 4.79 Å². The molecule has 5 nitrogen and oxygen atoms in total. The van der Waals surface area contributed by atoms with Crippen molar-refractivity contribution >= 4 is 49.6 Å². The number of hydrogen-bond donors (Lipinski definition) is 2. The number of nitrogen functional groups attached to an aromatic ring is 1. The monoisotopic (exact) mass is 380 g/mol. The molecule has 130 valence electrons. The number of aryl methyl sites for hydroxylation is 2. The van der Waals surface area contributed by atoms with E-state index in [0.29, 0.717) is 15.7 Å². The fourth-order valence-corrected chi connectivity index (χ4v) is 4.29. The first-order chi connectivity index (χ1) is 12.5. The first-order valence-corrected chi connectivity index (χ1v) is 9.70. The van der Waals surface area contributed by atoms with Gasteiger partial charge in [-0.05, 0) is 26.0 Å². The van der Waals surface area contributed by atoms with Gasteiger partial charge in [-0.1, -0.05) is 29.8 Å². The SMILES string of the molecule is Cc1ccc(-c2ccc3c(N)c(C(=O)Nc4nc(C)cs4)sc3n2)cc1. The zero-order chi connectivity index (χ0) is 18.3. The standard InChI is InChI=1S/C19H16N4OS2/c1-10-3-5-12(6-4-10)14-8-7-13-15(20)16(26-18(13)22-14)17(24)23-19-21-11(2)9-25-19/h3-9H,20H2,1-2H3,(H,21,23,24). The molecule has 7 heteroatoms. The van der Waals surface area contributed by atoms with Crippen LogP contribution in [0.1, 0.15) is 20.9 Å². The highest BCUT2D eigenvalue weighted by atomic mass is 32.1. The lowest BCUT2D eigenvalue weighted by Crippen LogP contribution is -2.11. The molecule has 4 aromatic rings. The number of amides is 1. The zero-order valence-corrected chi connectivity index (χ0v) is 15.9. The summed E-state index contributed by atoms with van der Waals surface area (Å²) in [5.74, 6) is -0.253. The third-order valence-electron chi connectivity index (χ3n) is 3.99. The second-order valence-electron chi connectivity index (χ2n) is 6.01. The van der Waals surface area contributed by atoms with Crippen LogP contribution in [0.3, 0.4) is 0 Å². The van der Waals surface area contributed by atoms with Crippen LogP contribution in [0.2, 0.25) is 0 Å². The number of hydrogen-bond acceptors (Lipinski definition) is 6. The number of nitrogens with zero attached hydrogens (tertiary/aromatic N) is 2. The van der Waals surface area contributed by atoms with E-state index in [-0.39, 0.29) is 5.91 Å². The molecule has 0 saturated heterocycles. The number of anilines is 2. The summed E-state index contributed by atoms with van der Waals surface area (Å²) >= 11 is 2.69. The lowest BCUT2D eigenvalue weighted by atomic mass is 10.1. The Hall–Kier alpha value is -2.77. The largest absolute Gasteiger partial charge is 0.397 e. The van der Waals surface area contributed by atoms with Gasteiger partial charge in [0.2, 0.25) is 0 Å². The Bertz CT molecular complexity index is 1110. The van der Waals surface area contributed by atoms with E-state index in [2.05, 4.69) is 29.4 Å². The number of thiazole rings is 1. The molecule has 0 aliphatic rings. The number of nitrogens with one attached hydrogen (secondary N) is 1. The van der Waals surface area contributed by atoms with Crippen molar-refractivity contribution in [1.82, 2.24) is 9.97 Å². The third kappa shape index (κ3) is 3.07. The van der Waals surface area contributed by atoms with Gasteiger partial charge in [0.15, 0.2) is 5.13 Å². The average molecular weight is 380 g/mol. The molecule has 0 unspecified atom stereocenters. The minimum Gasteiger partial charge on any atom is -0.397 e. The van der Waals surface area contributed by atoms with Crippen molar-refractivity contribution in [2.75, 3.05) is 11.1 Å². The smallest absolute Gasteiger partial charge is 0.269 e. The molecule has 0 aliphatic heterocycles. The molecule has 0 bridgehead atoms. The summed E-state index contributed by atoms with van der Waals surface area (Å²) < 4.78 is 0. The lowest BCUT2D eigenvalue weighted by Gasteiger charge is -2.01. The molecule has 3 heterocycles. The van der Waals surface area contributed by atoms with Gasteiger partial charge in [0, 0.05) is 16.3 Å². The summed E-state index contributed by atoms with van der Waals surface area (Å²) in [5, 5.41) is 6.06. The van der Waals surface area contributed by atoms with E-state index in [1.807, 2.05) is 36.6 Å². The molecular formula is C19H16N4OS2. The van der Waals surface area contributed by atoms with Gasteiger partial charge in [0.05, 0.1) is 17.1 Å². The van der Waals surface area contributed by atoms with Crippen LogP contribution in [0, 0.1) is 13.8 Å². The number of carbonyl (C=O) groups excluding carboxylic acids is 1. The van der Waals surface area contributed by atoms with Crippen LogP contribution in [0.25, 0.3) is 21.5 Å². The Morgan fingerprint density at radius 1 is 1.08 bits per heavy atom. The van der Waals surface area contributed by atoms with Crippen LogP contribution in [0.15, 0.2) is 41.8 Å². The summed E-state index contributed by atoms with van der Waals surface area (Å²) in [6.07, 6.45) is 0.